The van der Waals surface area contributed by atoms with E-state index in [1.54, 1.807) is 50.2 Å². The van der Waals surface area contributed by atoms with Crippen molar-refractivity contribution in [3.63, 3.8) is 0 Å². The van der Waals surface area contributed by atoms with E-state index in [4.69, 9.17) is 27.9 Å². The summed E-state index contributed by atoms with van der Waals surface area (Å²) in [4.78, 5) is 29.8. The van der Waals surface area contributed by atoms with Crippen molar-refractivity contribution < 1.29 is 22.7 Å². The van der Waals surface area contributed by atoms with Crippen LogP contribution in [0.1, 0.15) is 24.2 Å². The molecule has 12 heteroatoms. The fourth-order valence-corrected chi connectivity index (χ4v) is 6.79. The van der Waals surface area contributed by atoms with Crippen molar-refractivity contribution >= 4 is 72.3 Å². The third-order valence-electron chi connectivity index (χ3n) is 5.54. The number of sulfonamides is 1. The fourth-order valence-electron chi connectivity index (χ4n) is 3.80. The van der Waals surface area contributed by atoms with Gasteiger partial charge in [0.25, 0.3) is 15.9 Å². The van der Waals surface area contributed by atoms with Crippen molar-refractivity contribution in [2.45, 2.75) is 25.3 Å². The number of halogens is 2. The minimum absolute atomic E-state index is 0.0420. The molecule has 0 atom stereocenters. The number of hydrogen-bond acceptors (Lipinski definition) is 6. The number of ether oxygens (including phenoxy) is 1. The Morgan fingerprint density at radius 1 is 1.00 bits per heavy atom. The maximum absolute atomic E-state index is 13.2. The van der Waals surface area contributed by atoms with Gasteiger partial charge in [-0.25, -0.2) is 8.42 Å². The number of carbonyl (C=O) groups excluding carboxylic acids is 2. The Labute approximate surface area is 233 Å². The van der Waals surface area contributed by atoms with Gasteiger partial charge in [0.05, 0.1) is 37.5 Å². The standard InChI is InChI=1S/C26H23Cl2N3O5S2/c1-3-31(18-8-6-5-7-9-18)38(34,35)19-12-10-17(11-13-19)25(33)29-26-30(16-22(32)36-4-2)24-21(37-26)15-14-20(27)23(24)28/h5-15H,3-4,16H2,1-2H3. The molecule has 0 spiro atoms. The zero-order valence-corrected chi connectivity index (χ0v) is 23.6. The second-order valence-electron chi connectivity index (χ2n) is 7.93. The van der Waals surface area contributed by atoms with Gasteiger partial charge in [0.15, 0.2) is 4.80 Å². The van der Waals surface area contributed by atoms with E-state index in [9.17, 15) is 18.0 Å². The molecule has 1 heterocycles. The predicted octanol–water partition coefficient (Wildman–Crippen LogP) is 5.53. The average molecular weight is 593 g/mol. The second kappa shape index (κ2) is 11.7. The van der Waals surface area contributed by atoms with Gasteiger partial charge in [-0.3, -0.25) is 13.9 Å². The zero-order valence-electron chi connectivity index (χ0n) is 20.4. The Morgan fingerprint density at radius 3 is 2.32 bits per heavy atom. The van der Waals surface area contributed by atoms with Crippen molar-refractivity contribution in [1.82, 2.24) is 4.57 Å². The van der Waals surface area contributed by atoms with Gasteiger partial charge in [0.1, 0.15) is 6.54 Å². The number of aromatic nitrogens is 1. The van der Waals surface area contributed by atoms with Gasteiger partial charge in [0.2, 0.25) is 0 Å². The minimum atomic E-state index is -3.85. The first kappa shape index (κ1) is 27.8. The van der Waals surface area contributed by atoms with E-state index in [2.05, 4.69) is 4.99 Å². The monoisotopic (exact) mass is 591 g/mol. The number of nitrogens with zero attached hydrogens (tertiary/aromatic N) is 3. The topological polar surface area (TPSA) is 98.0 Å². The zero-order chi connectivity index (χ0) is 27.4. The van der Waals surface area contributed by atoms with Crippen LogP contribution in [0.4, 0.5) is 5.69 Å². The third-order valence-corrected chi connectivity index (χ3v) is 9.30. The van der Waals surface area contributed by atoms with Gasteiger partial charge in [-0.1, -0.05) is 52.7 Å². The fraction of sp³-hybridized carbons (Fsp3) is 0.192. The molecule has 38 heavy (non-hydrogen) atoms. The number of rotatable bonds is 8. The number of esters is 1. The first-order valence-corrected chi connectivity index (χ1v) is 14.6. The molecule has 4 rings (SSSR count). The highest BCUT2D eigenvalue weighted by Crippen LogP contribution is 2.32. The van der Waals surface area contributed by atoms with E-state index in [0.717, 1.165) is 11.3 Å². The van der Waals surface area contributed by atoms with Gasteiger partial charge >= 0.3 is 5.97 Å². The lowest BCUT2D eigenvalue weighted by atomic mass is 10.2. The van der Waals surface area contributed by atoms with Crippen LogP contribution in [0, 0.1) is 0 Å². The van der Waals surface area contributed by atoms with Crippen LogP contribution in [0.5, 0.6) is 0 Å². The summed E-state index contributed by atoms with van der Waals surface area (Å²) in [5.74, 6) is -1.14. The number of fused-ring (bicyclic) bond motifs is 1. The molecule has 0 aliphatic rings. The molecular weight excluding hydrogens is 569 g/mol. The summed E-state index contributed by atoms with van der Waals surface area (Å²) in [5.41, 5.74) is 1.18. The Hall–Kier alpha value is -3.18. The Morgan fingerprint density at radius 2 is 1.68 bits per heavy atom. The molecule has 0 radical (unpaired) electrons. The molecule has 0 aliphatic carbocycles. The van der Waals surface area contributed by atoms with E-state index < -0.39 is 21.9 Å². The lowest BCUT2D eigenvalue weighted by Crippen LogP contribution is -2.30. The van der Waals surface area contributed by atoms with Crippen molar-refractivity contribution in [2.75, 3.05) is 17.5 Å². The maximum atomic E-state index is 13.2. The summed E-state index contributed by atoms with van der Waals surface area (Å²) >= 11 is 13.8. The largest absolute Gasteiger partial charge is 0.465 e. The second-order valence-corrected chi connectivity index (χ2v) is 11.6. The molecule has 0 unspecified atom stereocenters. The number of thiazole rings is 1. The average Bonchev–Trinajstić information content (AvgIpc) is 3.24. The highest BCUT2D eigenvalue weighted by atomic mass is 35.5. The van der Waals surface area contributed by atoms with E-state index in [1.807, 2.05) is 6.07 Å². The molecule has 198 valence electrons. The van der Waals surface area contributed by atoms with Gasteiger partial charge < -0.3 is 9.30 Å². The lowest BCUT2D eigenvalue weighted by Gasteiger charge is -2.22. The van der Waals surface area contributed by atoms with Gasteiger partial charge in [-0.2, -0.15) is 4.99 Å². The summed E-state index contributed by atoms with van der Waals surface area (Å²) in [5, 5.41) is 0.521. The van der Waals surface area contributed by atoms with Crippen LogP contribution in [-0.2, 0) is 26.1 Å². The SMILES string of the molecule is CCOC(=O)Cn1c(=NC(=O)c2ccc(S(=O)(=O)N(CC)c3ccccc3)cc2)sc2ccc(Cl)c(Cl)c21. The molecule has 0 aliphatic heterocycles. The van der Waals surface area contributed by atoms with Crippen molar-refractivity contribution in [3.05, 3.63) is 87.1 Å². The Kier molecular flexibility index (Phi) is 8.57. The Bertz CT molecular complexity index is 1670. The van der Waals surface area contributed by atoms with E-state index >= 15 is 0 Å². The number of hydrogen-bond donors (Lipinski definition) is 0. The van der Waals surface area contributed by atoms with Crippen LogP contribution in [-0.4, -0.2) is 38.0 Å². The summed E-state index contributed by atoms with van der Waals surface area (Å²) in [6.07, 6.45) is 0. The maximum Gasteiger partial charge on any atom is 0.326 e. The predicted molar refractivity (Wildman–Crippen MR) is 149 cm³/mol. The van der Waals surface area contributed by atoms with Crippen LogP contribution in [0.3, 0.4) is 0 Å². The number of benzene rings is 3. The number of para-hydroxylation sites is 1. The van der Waals surface area contributed by atoms with Crippen molar-refractivity contribution in [1.29, 1.82) is 0 Å². The van der Waals surface area contributed by atoms with Crippen LogP contribution in [0.25, 0.3) is 10.2 Å². The highest BCUT2D eigenvalue weighted by Gasteiger charge is 2.24. The lowest BCUT2D eigenvalue weighted by molar-refractivity contribution is -0.143. The van der Waals surface area contributed by atoms with Crippen molar-refractivity contribution in [2.24, 2.45) is 4.99 Å². The molecule has 8 nitrogen and oxygen atoms in total. The normalized spacial score (nSPS) is 12.1. The third kappa shape index (κ3) is 5.63. The Balaban J connectivity index is 1.71. The molecular formula is C26H23Cl2N3O5S2. The van der Waals surface area contributed by atoms with Crippen LogP contribution in [0.15, 0.2) is 76.6 Å². The molecule has 0 saturated heterocycles. The highest BCUT2D eigenvalue weighted by molar-refractivity contribution is 7.92. The molecule has 0 bridgehead atoms. The van der Waals surface area contributed by atoms with Gasteiger partial charge in [-0.15, -0.1) is 0 Å². The van der Waals surface area contributed by atoms with E-state index in [0.29, 0.717) is 20.9 Å². The quantitative estimate of drug-likeness (QED) is 0.251. The molecule has 3 aromatic carbocycles. The molecule has 0 N–H and O–H groups in total. The van der Waals surface area contributed by atoms with Gasteiger partial charge in [-0.05, 0) is 62.4 Å². The minimum Gasteiger partial charge on any atom is -0.465 e. The first-order chi connectivity index (χ1) is 18.2. The molecule has 0 saturated carbocycles. The smallest absolute Gasteiger partial charge is 0.326 e. The van der Waals surface area contributed by atoms with Crippen molar-refractivity contribution in [3.8, 4) is 0 Å². The number of amides is 1. The number of anilines is 1. The molecule has 4 aromatic rings. The van der Waals surface area contributed by atoms with Gasteiger partial charge in [0, 0.05) is 12.1 Å². The summed E-state index contributed by atoms with van der Waals surface area (Å²) in [6, 6.07) is 17.7. The van der Waals surface area contributed by atoms with Crippen LogP contribution >= 0.6 is 34.5 Å². The van der Waals surface area contributed by atoms with E-state index in [-0.39, 0.29) is 40.0 Å². The summed E-state index contributed by atoms with van der Waals surface area (Å²) < 4.78 is 35.0. The van der Waals surface area contributed by atoms with E-state index in [1.165, 1.54) is 33.1 Å². The molecule has 0 fully saturated rings. The summed E-state index contributed by atoms with van der Waals surface area (Å²) in [7, 11) is -3.85. The molecule has 1 amide bonds. The molecule has 1 aromatic heterocycles. The first-order valence-electron chi connectivity index (χ1n) is 11.6. The summed E-state index contributed by atoms with van der Waals surface area (Å²) in [6.45, 7) is 3.65. The number of carbonyl (C=O) groups is 2. The van der Waals surface area contributed by atoms with Crippen LogP contribution < -0.4 is 9.11 Å². The van der Waals surface area contributed by atoms with Crippen LogP contribution in [0.2, 0.25) is 10.0 Å².